The maximum Gasteiger partial charge on any atom is 0.472 e. The number of phosphoric ester groups is 1. The molecule has 0 radical (unpaired) electrons. The molecule has 0 aliphatic rings. The molecule has 120 valence electrons. The summed E-state index contributed by atoms with van der Waals surface area (Å²) in [5.41, 5.74) is -0.332. The molecule has 1 amide bonds. The molecule has 0 aromatic carbocycles. The fourth-order valence-corrected chi connectivity index (χ4v) is 1.91. The highest BCUT2D eigenvalue weighted by atomic mass is 31.2. The van der Waals surface area contributed by atoms with E-state index in [1.165, 1.54) is 0 Å². The number of nitrogens with zero attached hydrogens (tertiary/aromatic N) is 1. The van der Waals surface area contributed by atoms with Crippen LogP contribution >= 0.6 is 7.82 Å². The zero-order valence-electron chi connectivity index (χ0n) is 13.3. The van der Waals surface area contributed by atoms with Crippen molar-refractivity contribution < 1.29 is 27.8 Å². The molecule has 0 aliphatic heterocycles. The van der Waals surface area contributed by atoms with E-state index in [4.69, 9.17) is 9.05 Å². The van der Waals surface area contributed by atoms with Crippen LogP contribution in [0.3, 0.4) is 0 Å². The molecule has 1 unspecified atom stereocenters. The molecule has 7 nitrogen and oxygen atoms in total. The van der Waals surface area contributed by atoms with Gasteiger partial charge in [0, 0.05) is 5.54 Å². The monoisotopic (exact) mass is 311 g/mol. The Morgan fingerprint density at radius 1 is 1.20 bits per heavy atom. The van der Waals surface area contributed by atoms with Crippen molar-refractivity contribution in [1.29, 1.82) is 0 Å². The van der Waals surface area contributed by atoms with Gasteiger partial charge in [0.15, 0.2) is 0 Å². The number of carbonyl (C=O) groups excluding carboxylic acids is 1. The number of hydrogen-bond acceptors (Lipinski definition) is 4. The summed E-state index contributed by atoms with van der Waals surface area (Å²) in [6.07, 6.45) is 0.0144. The Hall–Kier alpha value is -0.460. The number of nitrogens with one attached hydrogen (secondary N) is 1. The van der Waals surface area contributed by atoms with Gasteiger partial charge in [-0.25, -0.2) is 4.57 Å². The van der Waals surface area contributed by atoms with Crippen molar-refractivity contribution in [3.05, 3.63) is 0 Å². The molecular weight excluding hydrogens is 283 g/mol. The molecule has 0 aliphatic carbocycles. The fraction of sp³-hybridized carbons (Fsp3) is 0.917. The average Bonchev–Trinajstić information content (AvgIpc) is 2.10. The van der Waals surface area contributed by atoms with Crippen molar-refractivity contribution in [1.82, 2.24) is 5.32 Å². The van der Waals surface area contributed by atoms with E-state index in [1.807, 2.05) is 41.9 Å². The quantitative estimate of drug-likeness (QED) is 0.518. The number of quaternary nitrogens is 1. The Bertz CT molecular complexity index is 360. The first kappa shape index (κ1) is 19.5. The van der Waals surface area contributed by atoms with Crippen molar-refractivity contribution in [2.75, 3.05) is 40.9 Å². The first-order valence-electron chi connectivity index (χ1n) is 6.54. The van der Waals surface area contributed by atoms with E-state index in [0.717, 1.165) is 0 Å². The molecule has 2 N–H and O–H groups in total. The molecule has 0 spiro atoms. The summed E-state index contributed by atoms with van der Waals surface area (Å²) in [6, 6.07) is 0. The minimum Gasteiger partial charge on any atom is -0.351 e. The first-order chi connectivity index (χ1) is 8.81. The van der Waals surface area contributed by atoms with Crippen LogP contribution in [-0.2, 0) is 18.4 Å². The van der Waals surface area contributed by atoms with Gasteiger partial charge in [-0.1, -0.05) is 0 Å². The smallest absolute Gasteiger partial charge is 0.351 e. The Morgan fingerprint density at radius 3 is 2.15 bits per heavy atom. The van der Waals surface area contributed by atoms with Gasteiger partial charge in [0.25, 0.3) is 0 Å². The summed E-state index contributed by atoms with van der Waals surface area (Å²) < 4.78 is 21.7. The molecule has 0 saturated carbocycles. The Morgan fingerprint density at radius 2 is 1.70 bits per heavy atom. The van der Waals surface area contributed by atoms with E-state index < -0.39 is 7.82 Å². The van der Waals surface area contributed by atoms with Crippen molar-refractivity contribution in [2.45, 2.75) is 32.7 Å². The molecule has 0 bridgehead atoms. The largest absolute Gasteiger partial charge is 0.472 e. The van der Waals surface area contributed by atoms with E-state index in [0.29, 0.717) is 11.0 Å². The number of hydrogen-bond donors (Lipinski definition) is 2. The van der Waals surface area contributed by atoms with Crippen molar-refractivity contribution in [2.24, 2.45) is 0 Å². The Balaban J connectivity index is 3.94. The zero-order valence-corrected chi connectivity index (χ0v) is 14.2. The lowest BCUT2D eigenvalue weighted by Gasteiger charge is -2.24. The summed E-state index contributed by atoms with van der Waals surface area (Å²) in [4.78, 5) is 20.9. The van der Waals surface area contributed by atoms with E-state index in [2.05, 4.69) is 5.32 Å². The topological polar surface area (TPSA) is 84.9 Å². The minimum atomic E-state index is -4.08. The normalized spacial score (nSPS) is 15.8. The summed E-state index contributed by atoms with van der Waals surface area (Å²) >= 11 is 0. The van der Waals surface area contributed by atoms with Crippen LogP contribution < -0.4 is 5.32 Å². The number of likely N-dealkylation sites (N-methyl/N-ethyl adjacent to an activating group) is 1. The molecular formula is C12H28N2O5P+. The SMILES string of the molecule is CC(C)(C)NC(=O)CCOP(=O)(O)OCC[N+](C)(C)C. The molecule has 0 aromatic heterocycles. The van der Waals surface area contributed by atoms with E-state index >= 15 is 0 Å². The number of rotatable bonds is 8. The lowest BCUT2D eigenvalue weighted by atomic mass is 10.1. The van der Waals surface area contributed by atoms with Crippen LogP contribution in [0.25, 0.3) is 0 Å². The number of amides is 1. The molecule has 0 rings (SSSR count). The summed E-state index contributed by atoms with van der Waals surface area (Å²) in [5.74, 6) is -0.233. The van der Waals surface area contributed by atoms with Crippen LogP contribution in [0, 0.1) is 0 Å². The third kappa shape index (κ3) is 12.6. The molecule has 20 heavy (non-hydrogen) atoms. The minimum absolute atomic E-state index is 0.0144. The van der Waals surface area contributed by atoms with Gasteiger partial charge in [-0.2, -0.15) is 0 Å². The highest BCUT2D eigenvalue weighted by molar-refractivity contribution is 7.47. The molecule has 1 atom stereocenters. The van der Waals surface area contributed by atoms with Crippen LogP contribution in [-0.4, -0.2) is 61.7 Å². The maximum atomic E-state index is 11.5. The van der Waals surface area contributed by atoms with Gasteiger partial charge in [0.1, 0.15) is 13.2 Å². The molecule has 0 fully saturated rings. The number of phosphoric acid groups is 1. The Labute approximate surface area is 121 Å². The van der Waals surface area contributed by atoms with Crippen LogP contribution in [0.5, 0.6) is 0 Å². The standard InChI is InChI=1S/C12H27N2O5P/c1-12(2,3)13-11(15)7-9-18-20(16,17)19-10-8-14(4,5)6/h7-10H2,1-6H3,(H-,13,15,16,17)/p+1. The summed E-state index contributed by atoms with van der Waals surface area (Å²) in [6.45, 7) is 6.12. The van der Waals surface area contributed by atoms with Crippen molar-refractivity contribution in [3.63, 3.8) is 0 Å². The molecule has 0 aromatic rings. The lowest BCUT2D eigenvalue weighted by molar-refractivity contribution is -0.870. The predicted octanol–water partition coefficient (Wildman–Crippen LogP) is 1.13. The second-order valence-electron chi connectivity index (χ2n) is 6.70. The van der Waals surface area contributed by atoms with Crippen LogP contribution in [0.4, 0.5) is 0 Å². The predicted molar refractivity (Wildman–Crippen MR) is 77.1 cm³/mol. The maximum absolute atomic E-state index is 11.5. The van der Waals surface area contributed by atoms with E-state index in [1.54, 1.807) is 0 Å². The first-order valence-corrected chi connectivity index (χ1v) is 8.04. The van der Waals surface area contributed by atoms with Crippen molar-refractivity contribution in [3.8, 4) is 0 Å². The second-order valence-corrected chi connectivity index (χ2v) is 8.15. The van der Waals surface area contributed by atoms with Gasteiger partial charge in [-0.05, 0) is 20.8 Å². The van der Waals surface area contributed by atoms with E-state index in [9.17, 15) is 14.3 Å². The van der Waals surface area contributed by atoms with Crippen molar-refractivity contribution >= 4 is 13.7 Å². The number of carbonyl (C=O) groups is 1. The highest BCUT2D eigenvalue weighted by Crippen LogP contribution is 2.43. The average molecular weight is 311 g/mol. The molecule has 8 heteroatoms. The van der Waals surface area contributed by atoms with Gasteiger partial charge in [-0.15, -0.1) is 0 Å². The lowest BCUT2D eigenvalue weighted by Crippen LogP contribution is -2.40. The Kier molecular flexibility index (Phi) is 7.35. The zero-order chi connectivity index (χ0) is 16.0. The van der Waals surface area contributed by atoms with Crippen LogP contribution in [0.1, 0.15) is 27.2 Å². The van der Waals surface area contributed by atoms with Gasteiger partial charge >= 0.3 is 7.82 Å². The summed E-state index contributed by atoms with van der Waals surface area (Å²) in [5, 5.41) is 2.73. The van der Waals surface area contributed by atoms with Gasteiger partial charge < -0.3 is 14.7 Å². The molecule has 0 heterocycles. The van der Waals surface area contributed by atoms with Crippen LogP contribution in [0.15, 0.2) is 0 Å². The van der Waals surface area contributed by atoms with E-state index in [-0.39, 0.29) is 31.1 Å². The van der Waals surface area contributed by atoms with Crippen LogP contribution in [0.2, 0.25) is 0 Å². The van der Waals surface area contributed by atoms with Gasteiger partial charge in [0.05, 0.1) is 34.2 Å². The molecule has 0 saturated heterocycles. The summed E-state index contributed by atoms with van der Waals surface area (Å²) in [7, 11) is 1.77. The van der Waals surface area contributed by atoms with Gasteiger partial charge in [0.2, 0.25) is 5.91 Å². The highest BCUT2D eigenvalue weighted by Gasteiger charge is 2.23. The fourth-order valence-electron chi connectivity index (χ4n) is 1.20. The third-order valence-electron chi connectivity index (χ3n) is 2.11. The second kappa shape index (κ2) is 7.52. The van der Waals surface area contributed by atoms with Gasteiger partial charge in [-0.3, -0.25) is 13.8 Å². The third-order valence-corrected chi connectivity index (χ3v) is 3.13.